The number of rotatable bonds is 10. The maximum absolute atomic E-state index is 13.1. The molecule has 0 bridgehead atoms. The molecule has 3 aromatic carbocycles. The topological polar surface area (TPSA) is 96.1 Å². The first-order valence-corrected chi connectivity index (χ1v) is 16.3. The largest absolute Gasteiger partial charge is 0.485 e. The van der Waals surface area contributed by atoms with E-state index in [2.05, 4.69) is 38.8 Å². The van der Waals surface area contributed by atoms with E-state index >= 15 is 0 Å². The molecule has 3 heterocycles. The van der Waals surface area contributed by atoms with Gasteiger partial charge in [0.2, 0.25) is 0 Å². The Morgan fingerprint density at radius 2 is 1.76 bits per heavy atom. The number of fused-ring (bicyclic) bond motifs is 2. The zero-order valence-corrected chi connectivity index (χ0v) is 27.3. The van der Waals surface area contributed by atoms with Gasteiger partial charge in [-0.2, -0.15) is 0 Å². The molecule has 2 aliphatic heterocycles. The van der Waals surface area contributed by atoms with Crippen molar-refractivity contribution in [2.24, 2.45) is 0 Å². The smallest absolute Gasteiger partial charge is 0.254 e. The number of hydrogen-bond donors (Lipinski definition) is 1. The highest BCUT2D eigenvalue weighted by Crippen LogP contribution is 2.30. The second-order valence-electron chi connectivity index (χ2n) is 12.0. The van der Waals surface area contributed by atoms with Crippen molar-refractivity contribution in [2.75, 3.05) is 19.6 Å². The van der Waals surface area contributed by atoms with Gasteiger partial charge in [0.1, 0.15) is 12.4 Å². The van der Waals surface area contributed by atoms with Gasteiger partial charge in [-0.3, -0.25) is 14.5 Å². The highest BCUT2D eigenvalue weighted by Gasteiger charge is 2.24. The van der Waals surface area contributed by atoms with Crippen molar-refractivity contribution in [3.8, 4) is 5.75 Å². The third-order valence-electron chi connectivity index (χ3n) is 9.01. The molecule has 0 unspecified atom stereocenters. The van der Waals surface area contributed by atoms with Crippen molar-refractivity contribution >= 4 is 27.6 Å². The molecule has 1 N–H and O–H groups in total. The fraction of sp³-hybridized carbons (Fsp3) is 0.361. The number of Topliss-reactive ketones (excluding diaryl/α,β-unsaturated/α-hetero) is 1. The maximum Gasteiger partial charge on any atom is 0.254 e. The molecule has 1 atom stereocenters. The van der Waals surface area contributed by atoms with E-state index in [1.54, 1.807) is 0 Å². The number of hydrogen-bond acceptors (Lipinski definition) is 7. The lowest BCUT2D eigenvalue weighted by molar-refractivity contribution is 0.0734. The van der Waals surface area contributed by atoms with Crippen LogP contribution in [0.3, 0.4) is 0 Å². The van der Waals surface area contributed by atoms with Gasteiger partial charge >= 0.3 is 0 Å². The predicted octanol–water partition coefficient (Wildman–Crippen LogP) is 6.21. The van der Waals surface area contributed by atoms with E-state index in [-0.39, 0.29) is 11.7 Å². The molecule has 2 aliphatic rings. The number of benzene rings is 3. The molecule has 0 spiro atoms. The van der Waals surface area contributed by atoms with E-state index in [0.29, 0.717) is 56.6 Å². The Balaban J connectivity index is 0.981. The van der Waals surface area contributed by atoms with Crippen molar-refractivity contribution < 1.29 is 23.8 Å². The Labute approximate surface area is 272 Å². The number of amides is 1. The van der Waals surface area contributed by atoms with Gasteiger partial charge in [-0.15, -0.1) is 0 Å². The lowest BCUT2D eigenvalue weighted by Gasteiger charge is -2.31. The molecule has 0 radical (unpaired) electrons. The van der Waals surface area contributed by atoms with Gasteiger partial charge in [-0.05, 0) is 97.3 Å². The summed E-state index contributed by atoms with van der Waals surface area (Å²) in [5.41, 5.74) is 8.06. The van der Waals surface area contributed by atoms with E-state index in [9.17, 15) is 14.7 Å². The molecular formula is C36H38BrN3O5. The van der Waals surface area contributed by atoms with E-state index in [4.69, 9.17) is 9.15 Å². The summed E-state index contributed by atoms with van der Waals surface area (Å²) < 4.78 is 12.4. The number of halogens is 1. The monoisotopic (exact) mass is 671 g/mol. The predicted molar refractivity (Wildman–Crippen MR) is 174 cm³/mol. The van der Waals surface area contributed by atoms with E-state index in [0.717, 1.165) is 57.9 Å². The Morgan fingerprint density at radius 3 is 2.53 bits per heavy atom. The number of aryl methyl sites for hydroxylation is 1. The SMILES string of the molecule is Cc1ncoc1COc1ccc2c(c1C)CCN(C[C@@H](O)CCC(=O)c1ccc3c(c1)CCN(C(=O)c1ccc(Br)cc1)C3)C2. The number of carbonyl (C=O) groups excluding carboxylic acids is 2. The highest BCUT2D eigenvalue weighted by molar-refractivity contribution is 9.10. The van der Waals surface area contributed by atoms with Crippen LogP contribution in [0.4, 0.5) is 0 Å². The number of ether oxygens (including phenoxy) is 1. The number of aromatic nitrogens is 1. The maximum atomic E-state index is 13.1. The molecule has 0 saturated heterocycles. The van der Waals surface area contributed by atoms with Crippen LogP contribution in [0.2, 0.25) is 0 Å². The van der Waals surface area contributed by atoms with Crippen molar-refractivity contribution in [2.45, 2.75) is 65.3 Å². The van der Waals surface area contributed by atoms with Crippen LogP contribution in [0.5, 0.6) is 5.75 Å². The third kappa shape index (κ3) is 7.21. The Morgan fingerprint density at radius 1 is 0.978 bits per heavy atom. The molecule has 6 rings (SSSR count). The molecule has 0 aliphatic carbocycles. The molecule has 234 valence electrons. The highest BCUT2D eigenvalue weighted by atomic mass is 79.9. The van der Waals surface area contributed by atoms with Crippen LogP contribution in [0.15, 0.2) is 69.9 Å². The van der Waals surface area contributed by atoms with Crippen LogP contribution < -0.4 is 4.74 Å². The number of ketones is 1. The summed E-state index contributed by atoms with van der Waals surface area (Å²) in [4.78, 5) is 34.3. The molecule has 8 nitrogen and oxygen atoms in total. The lowest BCUT2D eigenvalue weighted by atomic mass is 9.93. The van der Waals surface area contributed by atoms with Gasteiger partial charge in [0, 0.05) is 54.7 Å². The first-order chi connectivity index (χ1) is 21.7. The van der Waals surface area contributed by atoms with Crippen molar-refractivity contribution in [1.82, 2.24) is 14.8 Å². The summed E-state index contributed by atoms with van der Waals surface area (Å²) in [5, 5.41) is 10.8. The van der Waals surface area contributed by atoms with Gasteiger partial charge in [-0.25, -0.2) is 4.98 Å². The first-order valence-electron chi connectivity index (χ1n) is 15.5. The molecular weight excluding hydrogens is 634 g/mol. The van der Waals surface area contributed by atoms with Crippen LogP contribution in [0.25, 0.3) is 0 Å². The average molecular weight is 673 g/mol. The number of oxazole rings is 1. The van der Waals surface area contributed by atoms with E-state index < -0.39 is 6.10 Å². The van der Waals surface area contributed by atoms with Gasteiger partial charge in [0.05, 0.1) is 11.8 Å². The molecule has 0 saturated carbocycles. The molecule has 4 aromatic rings. The van der Waals surface area contributed by atoms with Crippen LogP contribution in [-0.2, 0) is 32.5 Å². The second-order valence-corrected chi connectivity index (χ2v) is 13.0. The fourth-order valence-corrected chi connectivity index (χ4v) is 6.57. The molecule has 0 fully saturated rings. The quantitative estimate of drug-likeness (QED) is 0.200. The summed E-state index contributed by atoms with van der Waals surface area (Å²) >= 11 is 3.42. The Kier molecular flexibility index (Phi) is 9.49. The number of aliphatic hydroxyl groups excluding tert-OH is 1. The third-order valence-corrected chi connectivity index (χ3v) is 9.54. The number of carbonyl (C=O) groups is 2. The summed E-state index contributed by atoms with van der Waals surface area (Å²) in [6.07, 6.45) is 3.16. The van der Waals surface area contributed by atoms with Gasteiger partial charge in [0.25, 0.3) is 5.91 Å². The Hall–Kier alpha value is -3.79. The van der Waals surface area contributed by atoms with Gasteiger partial charge < -0.3 is 19.2 Å². The number of β-amino-alcohol motifs (C(OH)–C–C–N with tert-alkyl or cyclic N) is 1. The molecule has 1 aromatic heterocycles. The van der Waals surface area contributed by atoms with Crippen LogP contribution in [0.1, 0.15) is 72.8 Å². The minimum Gasteiger partial charge on any atom is -0.485 e. The van der Waals surface area contributed by atoms with Crippen molar-refractivity contribution in [3.05, 3.63) is 116 Å². The van der Waals surface area contributed by atoms with Crippen LogP contribution >= 0.6 is 15.9 Å². The minimum absolute atomic E-state index is 0.0162. The van der Waals surface area contributed by atoms with Crippen LogP contribution in [0, 0.1) is 13.8 Å². The summed E-state index contributed by atoms with van der Waals surface area (Å²) in [6, 6.07) is 17.3. The first kappa shape index (κ1) is 31.2. The van der Waals surface area contributed by atoms with Crippen LogP contribution in [-0.4, -0.2) is 57.3 Å². The Bertz CT molecular complexity index is 1700. The normalized spacial score (nSPS) is 15.3. The lowest BCUT2D eigenvalue weighted by Crippen LogP contribution is -2.37. The summed E-state index contributed by atoms with van der Waals surface area (Å²) in [5.74, 6) is 1.64. The average Bonchev–Trinajstić information content (AvgIpc) is 3.47. The van der Waals surface area contributed by atoms with Gasteiger partial charge in [-0.1, -0.05) is 34.1 Å². The fourth-order valence-electron chi connectivity index (χ4n) is 6.30. The number of nitrogens with zero attached hydrogens (tertiary/aromatic N) is 3. The van der Waals surface area contributed by atoms with Crippen molar-refractivity contribution in [3.63, 3.8) is 0 Å². The second kappa shape index (κ2) is 13.7. The standard InChI is InChI=1S/C36H38BrN3O5/c1-23-32-14-15-39(18-29(32)7-12-34(23)44-21-35-24(2)38-22-45-35)20-31(41)10-11-33(42)27-3-4-28-19-40(16-13-26(28)17-27)36(43)25-5-8-30(37)9-6-25/h3-9,12,17,22,31,41H,10-11,13-16,18-21H2,1-2H3/t31-/m0/s1. The minimum atomic E-state index is -0.583. The zero-order valence-electron chi connectivity index (χ0n) is 25.7. The van der Waals surface area contributed by atoms with Gasteiger partial charge in [0.15, 0.2) is 17.9 Å². The zero-order chi connectivity index (χ0) is 31.5. The number of aliphatic hydroxyl groups is 1. The summed E-state index contributed by atoms with van der Waals surface area (Å²) in [7, 11) is 0. The van der Waals surface area contributed by atoms with E-state index in [1.807, 2.05) is 60.4 Å². The molecule has 9 heteroatoms. The summed E-state index contributed by atoms with van der Waals surface area (Å²) in [6.45, 7) is 7.63. The molecule has 45 heavy (non-hydrogen) atoms. The van der Waals surface area contributed by atoms with Crippen molar-refractivity contribution in [1.29, 1.82) is 0 Å². The molecule has 1 amide bonds. The van der Waals surface area contributed by atoms with E-state index in [1.165, 1.54) is 17.5 Å².